The standard InChI is InChI=1S/C15H11N3O5/c1-8(19)13-9(2)23-15(11(13)7-16)17-14(20)10-5-3-4-6-12(10)18(21)22/h3-6H,1-2H3,(H,17,20). The Bertz CT molecular complexity index is 860. The molecule has 0 fully saturated rings. The molecule has 0 radical (unpaired) electrons. The molecule has 0 bridgehead atoms. The Morgan fingerprint density at radius 2 is 2.00 bits per heavy atom. The van der Waals surface area contributed by atoms with Gasteiger partial charge in [-0.05, 0) is 19.9 Å². The van der Waals surface area contributed by atoms with E-state index in [4.69, 9.17) is 9.68 Å². The van der Waals surface area contributed by atoms with Crippen LogP contribution in [0.4, 0.5) is 11.6 Å². The minimum absolute atomic E-state index is 0.0744. The number of carbonyl (C=O) groups excluding carboxylic acids is 2. The van der Waals surface area contributed by atoms with E-state index in [9.17, 15) is 19.7 Å². The van der Waals surface area contributed by atoms with E-state index in [0.717, 1.165) is 0 Å². The summed E-state index contributed by atoms with van der Waals surface area (Å²) in [5.41, 5.74) is -0.592. The van der Waals surface area contributed by atoms with E-state index in [0.29, 0.717) is 0 Å². The number of ketones is 1. The van der Waals surface area contributed by atoms with Crippen LogP contribution in [0.1, 0.15) is 39.0 Å². The monoisotopic (exact) mass is 313 g/mol. The highest BCUT2D eigenvalue weighted by molar-refractivity contribution is 6.08. The average Bonchev–Trinajstić information content (AvgIpc) is 2.82. The molecule has 0 atom stereocenters. The van der Waals surface area contributed by atoms with Gasteiger partial charge in [0.15, 0.2) is 5.78 Å². The molecule has 1 N–H and O–H groups in total. The molecule has 116 valence electrons. The lowest BCUT2D eigenvalue weighted by molar-refractivity contribution is -0.385. The summed E-state index contributed by atoms with van der Waals surface area (Å²) in [7, 11) is 0. The molecule has 23 heavy (non-hydrogen) atoms. The zero-order chi connectivity index (χ0) is 17.1. The van der Waals surface area contributed by atoms with Gasteiger partial charge in [-0.2, -0.15) is 5.26 Å². The van der Waals surface area contributed by atoms with Crippen molar-refractivity contribution >= 4 is 23.3 Å². The Kier molecular flexibility index (Phi) is 4.23. The quantitative estimate of drug-likeness (QED) is 0.525. The number of hydrogen-bond donors (Lipinski definition) is 1. The lowest BCUT2D eigenvalue weighted by Crippen LogP contribution is -2.14. The highest BCUT2D eigenvalue weighted by Gasteiger charge is 2.25. The lowest BCUT2D eigenvalue weighted by Gasteiger charge is -2.03. The number of furan rings is 1. The smallest absolute Gasteiger partial charge is 0.282 e. The van der Waals surface area contributed by atoms with Crippen LogP contribution in [0.25, 0.3) is 0 Å². The second-order valence-electron chi connectivity index (χ2n) is 4.63. The summed E-state index contributed by atoms with van der Waals surface area (Å²) in [6, 6.07) is 7.17. The zero-order valence-electron chi connectivity index (χ0n) is 12.2. The van der Waals surface area contributed by atoms with E-state index < -0.39 is 10.8 Å². The number of nitrogens with zero attached hydrogens (tertiary/aromatic N) is 2. The van der Waals surface area contributed by atoms with Crippen molar-refractivity contribution in [1.29, 1.82) is 5.26 Å². The second kappa shape index (κ2) is 6.11. The van der Waals surface area contributed by atoms with E-state index in [1.54, 1.807) is 6.07 Å². The first-order valence-corrected chi connectivity index (χ1v) is 6.46. The first kappa shape index (κ1) is 15.9. The normalized spacial score (nSPS) is 9.96. The number of nitro groups is 1. The van der Waals surface area contributed by atoms with Crippen LogP contribution in [0.2, 0.25) is 0 Å². The first-order chi connectivity index (χ1) is 10.9. The van der Waals surface area contributed by atoms with Crippen LogP contribution in [0.3, 0.4) is 0 Å². The van der Waals surface area contributed by atoms with Crippen molar-refractivity contribution < 1.29 is 18.9 Å². The number of nitrogens with one attached hydrogen (secondary N) is 1. The summed E-state index contributed by atoms with van der Waals surface area (Å²) < 4.78 is 5.25. The molecular weight excluding hydrogens is 302 g/mol. The average molecular weight is 313 g/mol. The van der Waals surface area contributed by atoms with Crippen LogP contribution in [0.15, 0.2) is 28.7 Å². The topological polar surface area (TPSA) is 126 Å². The van der Waals surface area contributed by atoms with Gasteiger partial charge in [0.1, 0.15) is 23.0 Å². The van der Waals surface area contributed by atoms with Crippen molar-refractivity contribution in [2.24, 2.45) is 0 Å². The number of carbonyl (C=O) groups is 2. The molecule has 8 nitrogen and oxygen atoms in total. The molecule has 0 saturated carbocycles. The zero-order valence-corrected chi connectivity index (χ0v) is 12.2. The van der Waals surface area contributed by atoms with Gasteiger partial charge in [0.05, 0.1) is 10.5 Å². The number of para-hydroxylation sites is 1. The highest BCUT2D eigenvalue weighted by atomic mass is 16.6. The minimum atomic E-state index is -0.808. The Balaban J connectivity index is 2.43. The van der Waals surface area contributed by atoms with Crippen LogP contribution >= 0.6 is 0 Å². The van der Waals surface area contributed by atoms with Gasteiger partial charge in [0, 0.05) is 6.07 Å². The summed E-state index contributed by atoms with van der Waals surface area (Å²) in [5.74, 6) is -1.21. The number of rotatable bonds is 4. The van der Waals surface area contributed by atoms with Gasteiger partial charge in [0.2, 0.25) is 5.88 Å². The summed E-state index contributed by atoms with van der Waals surface area (Å²) in [6.45, 7) is 2.75. The molecule has 1 aromatic heterocycles. The Hall–Kier alpha value is -3.47. The van der Waals surface area contributed by atoms with Gasteiger partial charge in [-0.1, -0.05) is 12.1 Å². The first-order valence-electron chi connectivity index (χ1n) is 6.46. The van der Waals surface area contributed by atoms with Crippen LogP contribution in [-0.4, -0.2) is 16.6 Å². The molecular formula is C15H11N3O5. The number of anilines is 1. The second-order valence-corrected chi connectivity index (χ2v) is 4.63. The highest BCUT2D eigenvalue weighted by Crippen LogP contribution is 2.28. The number of nitro benzene ring substituents is 1. The number of Topliss-reactive ketones (excluding diaryl/α,β-unsaturated/α-hetero) is 1. The van der Waals surface area contributed by atoms with Gasteiger partial charge >= 0.3 is 0 Å². The van der Waals surface area contributed by atoms with Crippen molar-refractivity contribution in [2.75, 3.05) is 5.32 Å². The van der Waals surface area contributed by atoms with Gasteiger partial charge in [0.25, 0.3) is 11.6 Å². The molecule has 1 aromatic carbocycles. The Labute approximate surface area is 130 Å². The lowest BCUT2D eigenvalue weighted by atomic mass is 10.1. The van der Waals surface area contributed by atoms with Crippen LogP contribution in [-0.2, 0) is 0 Å². The van der Waals surface area contributed by atoms with Gasteiger partial charge in [-0.25, -0.2) is 0 Å². The molecule has 0 aliphatic rings. The summed E-state index contributed by atoms with van der Waals surface area (Å²) in [4.78, 5) is 34.0. The van der Waals surface area contributed by atoms with Crippen LogP contribution in [0, 0.1) is 28.4 Å². The van der Waals surface area contributed by atoms with Crippen LogP contribution < -0.4 is 5.32 Å². The predicted octanol–water partition coefficient (Wildman–Crippen LogP) is 2.82. The SMILES string of the molecule is CC(=O)c1c(C)oc(NC(=O)c2ccccc2[N+](=O)[O-])c1C#N. The predicted molar refractivity (Wildman–Crippen MR) is 79.2 cm³/mol. The molecule has 0 saturated heterocycles. The van der Waals surface area contributed by atoms with Crippen molar-refractivity contribution in [3.63, 3.8) is 0 Å². The largest absolute Gasteiger partial charge is 0.443 e. The molecule has 8 heteroatoms. The van der Waals surface area contributed by atoms with Gasteiger partial charge < -0.3 is 4.42 Å². The van der Waals surface area contributed by atoms with E-state index >= 15 is 0 Å². The summed E-state index contributed by atoms with van der Waals surface area (Å²) in [6.07, 6.45) is 0. The number of amides is 1. The summed E-state index contributed by atoms with van der Waals surface area (Å²) in [5, 5.41) is 22.4. The maximum atomic E-state index is 12.2. The van der Waals surface area contributed by atoms with Crippen molar-refractivity contribution in [3.05, 3.63) is 56.8 Å². The third kappa shape index (κ3) is 2.94. The van der Waals surface area contributed by atoms with E-state index in [-0.39, 0.29) is 39.8 Å². The molecule has 2 aromatic rings. The van der Waals surface area contributed by atoms with Crippen molar-refractivity contribution in [3.8, 4) is 6.07 Å². The van der Waals surface area contributed by atoms with Gasteiger partial charge in [-0.3, -0.25) is 25.0 Å². The molecule has 0 spiro atoms. The third-order valence-corrected chi connectivity index (χ3v) is 3.12. The number of hydrogen-bond acceptors (Lipinski definition) is 6. The van der Waals surface area contributed by atoms with E-state index in [1.807, 2.05) is 0 Å². The van der Waals surface area contributed by atoms with E-state index in [2.05, 4.69) is 5.32 Å². The molecule has 0 aliphatic heterocycles. The summed E-state index contributed by atoms with van der Waals surface area (Å²) >= 11 is 0. The molecule has 1 heterocycles. The fourth-order valence-electron chi connectivity index (χ4n) is 2.16. The fourth-order valence-corrected chi connectivity index (χ4v) is 2.16. The van der Waals surface area contributed by atoms with Crippen molar-refractivity contribution in [2.45, 2.75) is 13.8 Å². The molecule has 2 rings (SSSR count). The Morgan fingerprint density at radius 1 is 1.35 bits per heavy atom. The van der Waals surface area contributed by atoms with Crippen molar-refractivity contribution in [1.82, 2.24) is 0 Å². The van der Waals surface area contributed by atoms with E-state index in [1.165, 1.54) is 38.1 Å². The fraction of sp³-hybridized carbons (Fsp3) is 0.133. The number of aryl methyl sites for hydroxylation is 1. The maximum Gasteiger partial charge on any atom is 0.282 e. The third-order valence-electron chi connectivity index (χ3n) is 3.12. The molecule has 1 amide bonds. The number of nitriles is 1. The molecule has 0 aliphatic carbocycles. The van der Waals surface area contributed by atoms with Gasteiger partial charge in [-0.15, -0.1) is 0 Å². The Morgan fingerprint density at radius 3 is 2.57 bits per heavy atom. The molecule has 0 unspecified atom stereocenters. The maximum absolute atomic E-state index is 12.2. The number of benzene rings is 1. The van der Waals surface area contributed by atoms with Crippen LogP contribution in [0.5, 0.6) is 0 Å². The minimum Gasteiger partial charge on any atom is -0.443 e.